The van der Waals surface area contributed by atoms with Crippen molar-refractivity contribution in [3.8, 4) is 11.8 Å². The van der Waals surface area contributed by atoms with Crippen LogP contribution < -0.4 is 4.72 Å². The summed E-state index contributed by atoms with van der Waals surface area (Å²) in [6.45, 7) is 0.203. The van der Waals surface area contributed by atoms with Crippen molar-refractivity contribution in [2.24, 2.45) is 0 Å². The van der Waals surface area contributed by atoms with Crippen LogP contribution in [0.15, 0.2) is 29.2 Å². The first-order chi connectivity index (χ1) is 10.1. The SMILES string of the molecule is CSCCCCCNS(=O)(=O)c1cccc(C#CCO)c1. The molecule has 1 rings (SSSR count). The van der Waals surface area contributed by atoms with Gasteiger partial charge in [0.25, 0.3) is 0 Å². The third-order valence-electron chi connectivity index (χ3n) is 2.77. The molecule has 0 aliphatic rings. The van der Waals surface area contributed by atoms with Gasteiger partial charge in [0.2, 0.25) is 10.0 Å². The maximum Gasteiger partial charge on any atom is 0.240 e. The minimum atomic E-state index is -3.49. The molecule has 0 amide bonds. The van der Waals surface area contributed by atoms with Crippen LogP contribution >= 0.6 is 11.8 Å². The van der Waals surface area contributed by atoms with Crippen LogP contribution in [0.3, 0.4) is 0 Å². The van der Waals surface area contributed by atoms with Crippen LogP contribution in [-0.4, -0.2) is 38.7 Å². The summed E-state index contributed by atoms with van der Waals surface area (Å²) in [6, 6.07) is 6.41. The van der Waals surface area contributed by atoms with Gasteiger partial charge < -0.3 is 5.11 Å². The van der Waals surface area contributed by atoms with Crippen LogP contribution in [-0.2, 0) is 10.0 Å². The number of hydrogen-bond donors (Lipinski definition) is 2. The summed E-state index contributed by atoms with van der Waals surface area (Å²) >= 11 is 1.80. The molecule has 0 aliphatic heterocycles. The van der Waals surface area contributed by atoms with Crippen molar-refractivity contribution in [2.45, 2.75) is 24.2 Å². The van der Waals surface area contributed by atoms with E-state index in [2.05, 4.69) is 22.8 Å². The molecule has 0 spiro atoms. The van der Waals surface area contributed by atoms with E-state index < -0.39 is 10.0 Å². The number of sulfonamides is 1. The Bertz CT molecular complexity index is 588. The highest BCUT2D eigenvalue weighted by molar-refractivity contribution is 7.98. The molecule has 0 saturated carbocycles. The van der Waals surface area contributed by atoms with E-state index in [1.54, 1.807) is 30.0 Å². The minimum absolute atomic E-state index is 0.205. The number of unbranched alkanes of at least 4 members (excludes halogenated alkanes) is 2. The lowest BCUT2D eigenvalue weighted by Gasteiger charge is -2.07. The fraction of sp³-hybridized carbons (Fsp3) is 0.467. The van der Waals surface area contributed by atoms with Gasteiger partial charge in [0, 0.05) is 12.1 Å². The zero-order valence-corrected chi connectivity index (χ0v) is 13.8. The molecule has 2 N–H and O–H groups in total. The maximum absolute atomic E-state index is 12.1. The van der Waals surface area contributed by atoms with Crippen LogP contribution in [0.25, 0.3) is 0 Å². The zero-order chi connectivity index (χ0) is 15.6. The van der Waals surface area contributed by atoms with E-state index in [4.69, 9.17) is 5.11 Å². The van der Waals surface area contributed by atoms with Crippen molar-refractivity contribution < 1.29 is 13.5 Å². The van der Waals surface area contributed by atoms with Crippen LogP contribution in [0.1, 0.15) is 24.8 Å². The Hall–Kier alpha value is -1.00. The van der Waals surface area contributed by atoms with Gasteiger partial charge in [-0.1, -0.05) is 24.3 Å². The zero-order valence-electron chi connectivity index (χ0n) is 12.1. The molecular formula is C15H21NO3S2. The Balaban J connectivity index is 2.57. The normalized spacial score (nSPS) is 11.0. The molecule has 0 heterocycles. The standard InChI is InChI=1S/C15H21NO3S2/c1-20-12-4-2-3-10-16-21(18,19)15-9-5-7-14(13-15)8-6-11-17/h5,7,9,13,16-17H,2-4,10-12H2,1H3. The molecule has 1 aromatic carbocycles. The molecule has 0 atom stereocenters. The van der Waals surface area contributed by atoms with E-state index >= 15 is 0 Å². The van der Waals surface area contributed by atoms with E-state index in [0.717, 1.165) is 25.0 Å². The third kappa shape index (κ3) is 7.00. The molecule has 0 aromatic heterocycles. The highest BCUT2D eigenvalue weighted by atomic mass is 32.2. The number of benzene rings is 1. The van der Waals surface area contributed by atoms with Crippen LogP contribution in [0, 0.1) is 11.8 Å². The van der Waals surface area contributed by atoms with Gasteiger partial charge in [-0.3, -0.25) is 0 Å². The molecule has 1 aromatic rings. The summed E-state index contributed by atoms with van der Waals surface area (Å²) in [5, 5.41) is 8.66. The van der Waals surface area contributed by atoms with E-state index in [0.29, 0.717) is 12.1 Å². The molecule has 0 saturated heterocycles. The first-order valence-corrected chi connectivity index (χ1v) is 9.66. The monoisotopic (exact) mass is 327 g/mol. The van der Waals surface area contributed by atoms with E-state index in [9.17, 15) is 8.42 Å². The number of aliphatic hydroxyl groups is 1. The second-order valence-corrected chi connectivity index (χ2v) is 7.19. The van der Waals surface area contributed by atoms with Crippen molar-refractivity contribution in [3.63, 3.8) is 0 Å². The lowest BCUT2D eigenvalue weighted by atomic mass is 10.2. The van der Waals surface area contributed by atoms with Gasteiger partial charge in [0.1, 0.15) is 6.61 Å². The molecule has 4 nitrogen and oxygen atoms in total. The largest absolute Gasteiger partial charge is 0.384 e. The predicted octanol–water partition coefficient (Wildman–Crippen LogP) is 1.84. The Kier molecular flexibility index (Phi) is 8.47. The second kappa shape index (κ2) is 9.85. The number of hydrogen-bond acceptors (Lipinski definition) is 4. The average Bonchev–Trinajstić information content (AvgIpc) is 2.49. The molecule has 0 radical (unpaired) electrons. The Morgan fingerprint density at radius 3 is 2.81 bits per heavy atom. The Morgan fingerprint density at radius 2 is 2.10 bits per heavy atom. The molecule has 21 heavy (non-hydrogen) atoms. The fourth-order valence-electron chi connectivity index (χ4n) is 1.72. The molecule has 116 valence electrons. The van der Waals surface area contributed by atoms with Crippen molar-refractivity contribution in [1.82, 2.24) is 4.72 Å². The fourth-order valence-corrected chi connectivity index (χ4v) is 3.33. The van der Waals surface area contributed by atoms with Gasteiger partial charge in [-0.15, -0.1) is 0 Å². The lowest BCUT2D eigenvalue weighted by molar-refractivity contribution is 0.350. The first kappa shape index (κ1) is 18.1. The first-order valence-electron chi connectivity index (χ1n) is 6.78. The van der Waals surface area contributed by atoms with Gasteiger partial charge in [-0.2, -0.15) is 11.8 Å². The lowest BCUT2D eigenvalue weighted by Crippen LogP contribution is -2.24. The highest BCUT2D eigenvalue weighted by Crippen LogP contribution is 2.11. The summed E-state index contributed by atoms with van der Waals surface area (Å²) in [6.07, 6.45) is 5.03. The molecule has 0 aliphatic carbocycles. The van der Waals surface area contributed by atoms with Crippen LogP contribution in [0.5, 0.6) is 0 Å². The molecule has 0 unspecified atom stereocenters. The van der Waals surface area contributed by atoms with Crippen LogP contribution in [0.2, 0.25) is 0 Å². The molecule has 0 bridgehead atoms. The van der Waals surface area contributed by atoms with Gasteiger partial charge in [-0.25, -0.2) is 13.1 Å². The molecule has 0 fully saturated rings. The number of thioether (sulfide) groups is 1. The highest BCUT2D eigenvalue weighted by Gasteiger charge is 2.13. The summed E-state index contributed by atoms with van der Waals surface area (Å²) < 4.78 is 26.9. The average molecular weight is 327 g/mol. The predicted molar refractivity (Wildman–Crippen MR) is 87.8 cm³/mol. The van der Waals surface area contributed by atoms with E-state index in [1.165, 1.54) is 6.07 Å². The quantitative estimate of drug-likeness (QED) is 0.565. The van der Waals surface area contributed by atoms with Gasteiger partial charge in [0.15, 0.2) is 0 Å². The van der Waals surface area contributed by atoms with Crippen molar-refractivity contribution in [2.75, 3.05) is 25.2 Å². The minimum Gasteiger partial charge on any atom is -0.384 e. The van der Waals surface area contributed by atoms with Crippen LogP contribution in [0.4, 0.5) is 0 Å². The topological polar surface area (TPSA) is 66.4 Å². The smallest absolute Gasteiger partial charge is 0.240 e. The van der Waals surface area contributed by atoms with Crippen molar-refractivity contribution in [3.05, 3.63) is 29.8 Å². The number of nitrogens with one attached hydrogen (secondary N) is 1. The van der Waals surface area contributed by atoms with E-state index in [1.807, 2.05) is 0 Å². The summed E-state index contributed by atoms with van der Waals surface area (Å²) in [4.78, 5) is 0.205. The molecule has 6 heteroatoms. The third-order valence-corrected chi connectivity index (χ3v) is 4.93. The maximum atomic E-state index is 12.1. The summed E-state index contributed by atoms with van der Waals surface area (Å²) in [5.41, 5.74) is 0.576. The van der Waals surface area contributed by atoms with Crippen molar-refractivity contribution >= 4 is 21.8 Å². The van der Waals surface area contributed by atoms with E-state index in [-0.39, 0.29) is 11.5 Å². The van der Waals surface area contributed by atoms with Gasteiger partial charge in [0.05, 0.1) is 4.90 Å². The van der Waals surface area contributed by atoms with Gasteiger partial charge >= 0.3 is 0 Å². The van der Waals surface area contributed by atoms with Crippen molar-refractivity contribution in [1.29, 1.82) is 0 Å². The summed E-state index contributed by atoms with van der Waals surface area (Å²) in [7, 11) is -3.49. The molecular weight excluding hydrogens is 306 g/mol. The number of aliphatic hydroxyl groups excluding tert-OH is 1. The second-order valence-electron chi connectivity index (χ2n) is 4.44. The van der Waals surface area contributed by atoms with Gasteiger partial charge in [-0.05, 0) is 43.0 Å². The Labute approximate surface area is 131 Å². The summed E-state index contributed by atoms with van der Waals surface area (Å²) in [5.74, 6) is 6.32. The Morgan fingerprint density at radius 1 is 1.29 bits per heavy atom. The number of rotatable bonds is 8.